The molecule has 1 aliphatic rings. The van der Waals surface area contributed by atoms with Crippen molar-refractivity contribution >= 4 is 11.6 Å². The van der Waals surface area contributed by atoms with Crippen molar-refractivity contribution in [2.75, 3.05) is 25.0 Å². The van der Waals surface area contributed by atoms with Crippen LogP contribution >= 0.6 is 0 Å². The van der Waals surface area contributed by atoms with Crippen molar-refractivity contribution in [1.82, 2.24) is 5.32 Å². The number of unbranched alkanes of at least 4 members (excludes halogenated alkanes) is 1. The minimum atomic E-state index is -0.553. The smallest absolute Gasteiger partial charge is 0.230 e. The molecule has 27 heavy (non-hydrogen) atoms. The standard InChI is InChI=1S/C23H29FN2O/c1-26(21-12-3-2-4-13-21)17-8-7-16-25-22(27)23(14-5-6-15-23)19-10-9-11-20(24)18-19/h2-4,9-13,18H,5-8,14-17H2,1H3,(H,25,27). The van der Waals surface area contributed by atoms with E-state index in [1.807, 2.05) is 24.3 Å². The van der Waals surface area contributed by atoms with Gasteiger partial charge in [0.25, 0.3) is 0 Å². The van der Waals surface area contributed by atoms with Crippen molar-refractivity contribution in [3.63, 3.8) is 0 Å². The highest BCUT2D eigenvalue weighted by Gasteiger charge is 2.42. The summed E-state index contributed by atoms with van der Waals surface area (Å²) in [6.45, 7) is 1.62. The summed E-state index contributed by atoms with van der Waals surface area (Å²) in [5, 5.41) is 3.12. The lowest BCUT2D eigenvalue weighted by Gasteiger charge is -2.28. The summed E-state index contributed by atoms with van der Waals surface area (Å²) in [5.41, 5.74) is 1.47. The number of para-hydroxylation sites is 1. The summed E-state index contributed by atoms with van der Waals surface area (Å²) in [6, 6.07) is 16.9. The maximum absolute atomic E-state index is 13.7. The van der Waals surface area contributed by atoms with Gasteiger partial charge in [-0.15, -0.1) is 0 Å². The molecule has 3 nitrogen and oxygen atoms in total. The van der Waals surface area contributed by atoms with Gasteiger partial charge < -0.3 is 10.2 Å². The molecule has 0 unspecified atom stereocenters. The highest BCUT2D eigenvalue weighted by atomic mass is 19.1. The molecule has 0 heterocycles. The van der Waals surface area contributed by atoms with Gasteiger partial charge in [0.2, 0.25) is 5.91 Å². The fraction of sp³-hybridized carbons (Fsp3) is 0.435. The average molecular weight is 368 g/mol. The second-order valence-corrected chi connectivity index (χ2v) is 7.52. The first-order valence-corrected chi connectivity index (χ1v) is 9.92. The molecule has 1 fully saturated rings. The number of carbonyl (C=O) groups is 1. The van der Waals surface area contributed by atoms with E-state index >= 15 is 0 Å². The van der Waals surface area contributed by atoms with Gasteiger partial charge in [0, 0.05) is 25.8 Å². The highest BCUT2D eigenvalue weighted by Crippen LogP contribution is 2.41. The third-order valence-electron chi connectivity index (χ3n) is 5.67. The second kappa shape index (κ2) is 9.03. The molecule has 4 heteroatoms. The zero-order valence-corrected chi connectivity index (χ0v) is 16.1. The van der Waals surface area contributed by atoms with Crippen molar-refractivity contribution in [2.45, 2.75) is 43.9 Å². The molecule has 0 saturated heterocycles. The Morgan fingerprint density at radius 3 is 2.52 bits per heavy atom. The van der Waals surface area contributed by atoms with E-state index in [0.717, 1.165) is 50.6 Å². The van der Waals surface area contributed by atoms with Crippen LogP contribution in [0, 0.1) is 5.82 Å². The van der Waals surface area contributed by atoms with Gasteiger partial charge in [-0.3, -0.25) is 4.79 Å². The summed E-state index contributed by atoms with van der Waals surface area (Å²) >= 11 is 0. The zero-order valence-electron chi connectivity index (χ0n) is 16.1. The highest BCUT2D eigenvalue weighted by molar-refractivity contribution is 5.88. The Morgan fingerprint density at radius 1 is 1.07 bits per heavy atom. The van der Waals surface area contributed by atoms with Crippen molar-refractivity contribution in [3.8, 4) is 0 Å². The van der Waals surface area contributed by atoms with Crippen LogP contribution in [0.5, 0.6) is 0 Å². The fourth-order valence-electron chi connectivity index (χ4n) is 4.07. The van der Waals surface area contributed by atoms with E-state index in [4.69, 9.17) is 0 Å². The van der Waals surface area contributed by atoms with E-state index < -0.39 is 5.41 Å². The first kappa shape index (κ1) is 19.4. The van der Waals surface area contributed by atoms with Crippen LogP contribution in [-0.4, -0.2) is 26.0 Å². The molecule has 0 bridgehead atoms. The number of rotatable bonds is 8. The number of amides is 1. The lowest BCUT2D eigenvalue weighted by atomic mass is 9.78. The normalized spacial score (nSPS) is 15.5. The van der Waals surface area contributed by atoms with E-state index in [1.165, 1.54) is 17.8 Å². The molecule has 2 aromatic rings. The van der Waals surface area contributed by atoms with Gasteiger partial charge in [-0.05, 0) is 55.5 Å². The summed E-state index contributed by atoms with van der Waals surface area (Å²) in [4.78, 5) is 15.2. The minimum absolute atomic E-state index is 0.0574. The molecule has 2 aromatic carbocycles. The molecule has 1 aliphatic carbocycles. The molecule has 1 saturated carbocycles. The Morgan fingerprint density at radius 2 is 1.81 bits per heavy atom. The summed E-state index contributed by atoms with van der Waals surface area (Å²) in [6.07, 6.45) is 5.59. The predicted octanol–water partition coefficient (Wildman–Crippen LogP) is 4.67. The van der Waals surface area contributed by atoms with Gasteiger partial charge >= 0.3 is 0 Å². The van der Waals surface area contributed by atoms with Crippen LogP contribution in [-0.2, 0) is 10.2 Å². The molecule has 1 N–H and O–H groups in total. The fourth-order valence-corrected chi connectivity index (χ4v) is 4.07. The first-order valence-electron chi connectivity index (χ1n) is 9.92. The lowest BCUT2D eigenvalue weighted by molar-refractivity contribution is -0.126. The molecule has 0 aromatic heterocycles. The number of nitrogens with zero attached hydrogens (tertiary/aromatic N) is 1. The molecular formula is C23H29FN2O. The van der Waals surface area contributed by atoms with Gasteiger partial charge in [-0.2, -0.15) is 0 Å². The average Bonchev–Trinajstić information content (AvgIpc) is 3.19. The number of hydrogen-bond acceptors (Lipinski definition) is 2. The van der Waals surface area contributed by atoms with Gasteiger partial charge in [-0.1, -0.05) is 43.2 Å². The second-order valence-electron chi connectivity index (χ2n) is 7.52. The lowest BCUT2D eigenvalue weighted by Crippen LogP contribution is -2.43. The van der Waals surface area contributed by atoms with Crippen LogP contribution in [0.2, 0.25) is 0 Å². The minimum Gasteiger partial charge on any atom is -0.375 e. The van der Waals surface area contributed by atoms with Crippen LogP contribution in [0.4, 0.5) is 10.1 Å². The number of anilines is 1. The van der Waals surface area contributed by atoms with Crippen molar-refractivity contribution < 1.29 is 9.18 Å². The number of hydrogen-bond donors (Lipinski definition) is 1. The third kappa shape index (κ3) is 4.68. The maximum atomic E-state index is 13.7. The molecule has 3 rings (SSSR count). The molecule has 0 radical (unpaired) electrons. The Kier molecular flexibility index (Phi) is 6.49. The number of carbonyl (C=O) groups excluding carboxylic acids is 1. The van der Waals surface area contributed by atoms with Crippen molar-refractivity contribution in [1.29, 1.82) is 0 Å². The van der Waals surface area contributed by atoms with Crippen LogP contribution in [0.15, 0.2) is 54.6 Å². The van der Waals surface area contributed by atoms with Gasteiger partial charge in [-0.25, -0.2) is 4.39 Å². The summed E-state index contributed by atoms with van der Waals surface area (Å²) in [7, 11) is 2.09. The zero-order chi connectivity index (χ0) is 19.1. The van der Waals surface area contributed by atoms with Gasteiger partial charge in [0.15, 0.2) is 0 Å². The van der Waals surface area contributed by atoms with Crippen molar-refractivity contribution in [2.24, 2.45) is 0 Å². The molecule has 0 atom stereocenters. The maximum Gasteiger partial charge on any atom is 0.230 e. The van der Waals surface area contributed by atoms with Gasteiger partial charge in [0.05, 0.1) is 5.41 Å². The molecule has 0 aliphatic heterocycles. The monoisotopic (exact) mass is 368 g/mol. The number of halogens is 1. The van der Waals surface area contributed by atoms with Crippen LogP contribution in [0.25, 0.3) is 0 Å². The Hall–Kier alpha value is -2.36. The quantitative estimate of drug-likeness (QED) is 0.687. The van der Waals surface area contributed by atoms with E-state index in [1.54, 1.807) is 6.07 Å². The van der Waals surface area contributed by atoms with E-state index in [-0.39, 0.29) is 11.7 Å². The summed E-state index contributed by atoms with van der Waals surface area (Å²) in [5.74, 6) is -0.211. The first-order chi connectivity index (χ1) is 13.1. The Bertz CT molecular complexity index is 741. The molecule has 0 spiro atoms. The largest absolute Gasteiger partial charge is 0.375 e. The topological polar surface area (TPSA) is 32.3 Å². The van der Waals surface area contributed by atoms with Crippen LogP contribution < -0.4 is 10.2 Å². The van der Waals surface area contributed by atoms with Gasteiger partial charge in [0.1, 0.15) is 5.82 Å². The SMILES string of the molecule is CN(CCCCNC(=O)C1(c2cccc(F)c2)CCCC1)c1ccccc1. The van der Waals surface area contributed by atoms with Crippen LogP contribution in [0.3, 0.4) is 0 Å². The van der Waals surface area contributed by atoms with E-state index in [2.05, 4.69) is 29.4 Å². The third-order valence-corrected chi connectivity index (χ3v) is 5.67. The van der Waals surface area contributed by atoms with Crippen molar-refractivity contribution in [3.05, 3.63) is 66.0 Å². The Labute approximate surface area is 161 Å². The van der Waals surface area contributed by atoms with E-state index in [9.17, 15) is 9.18 Å². The molecular weight excluding hydrogens is 339 g/mol. The number of nitrogens with one attached hydrogen (secondary N) is 1. The predicted molar refractivity (Wildman–Crippen MR) is 109 cm³/mol. The van der Waals surface area contributed by atoms with Crippen LogP contribution in [0.1, 0.15) is 44.1 Å². The number of benzene rings is 2. The van der Waals surface area contributed by atoms with E-state index in [0.29, 0.717) is 6.54 Å². The Balaban J connectivity index is 1.49. The summed E-state index contributed by atoms with van der Waals surface area (Å²) < 4.78 is 13.7. The molecule has 1 amide bonds. The molecule has 144 valence electrons.